The second kappa shape index (κ2) is 12.4. The summed E-state index contributed by atoms with van der Waals surface area (Å²) in [5, 5.41) is 2.76. The first-order chi connectivity index (χ1) is 10.1. The van der Waals surface area contributed by atoms with Gasteiger partial charge in [-0.2, -0.15) is 0 Å². The summed E-state index contributed by atoms with van der Waals surface area (Å²) >= 11 is 0. The number of anilines is 1. The number of nitrogens with one attached hydrogen (secondary N) is 1. The van der Waals surface area contributed by atoms with Crippen molar-refractivity contribution in [1.29, 1.82) is 0 Å². The molecule has 1 aliphatic heterocycles. The summed E-state index contributed by atoms with van der Waals surface area (Å²) in [6.07, 6.45) is 4.34. The highest BCUT2D eigenvalue weighted by Crippen LogP contribution is 2.20. The van der Waals surface area contributed by atoms with Gasteiger partial charge in [-0.25, -0.2) is 0 Å². The molecule has 21 heavy (non-hydrogen) atoms. The smallest absolute Gasteiger partial charge is 0.228 e. The van der Waals surface area contributed by atoms with E-state index in [0.29, 0.717) is 6.42 Å². The lowest BCUT2D eigenvalue weighted by Gasteiger charge is -2.12. The maximum absolute atomic E-state index is 10.8. The van der Waals surface area contributed by atoms with Gasteiger partial charge in [-0.1, -0.05) is 52.3 Å². The van der Waals surface area contributed by atoms with Gasteiger partial charge in [0, 0.05) is 5.69 Å². The van der Waals surface area contributed by atoms with Crippen LogP contribution in [0.4, 0.5) is 5.69 Å². The Balaban J connectivity index is 0.000000330. The summed E-state index contributed by atoms with van der Waals surface area (Å²) in [5.41, 5.74) is 2.07. The predicted molar refractivity (Wildman–Crippen MR) is 92.8 cm³/mol. The Morgan fingerprint density at radius 1 is 1.05 bits per heavy atom. The van der Waals surface area contributed by atoms with Gasteiger partial charge in [0.2, 0.25) is 5.91 Å². The van der Waals surface area contributed by atoms with Crippen LogP contribution in [0.15, 0.2) is 24.3 Å². The van der Waals surface area contributed by atoms with Gasteiger partial charge >= 0.3 is 0 Å². The summed E-state index contributed by atoms with van der Waals surface area (Å²) in [4.78, 5) is 13.2. The molecule has 3 heteroatoms. The minimum absolute atomic E-state index is 0.0983. The maximum Gasteiger partial charge on any atom is 0.228 e. The van der Waals surface area contributed by atoms with Gasteiger partial charge in [0.25, 0.3) is 0 Å². The molecule has 0 aromatic heterocycles. The molecular formula is C18H32N2O. The van der Waals surface area contributed by atoms with Crippen LogP contribution in [-0.2, 0) is 11.2 Å². The molecule has 1 aromatic rings. The summed E-state index contributed by atoms with van der Waals surface area (Å²) in [5.74, 6) is 0.0983. The zero-order valence-corrected chi connectivity index (χ0v) is 14.4. The van der Waals surface area contributed by atoms with Gasteiger partial charge in [0.05, 0.1) is 6.42 Å². The van der Waals surface area contributed by atoms with Crippen molar-refractivity contribution in [2.45, 2.75) is 53.4 Å². The third kappa shape index (κ3) is 9.24. The number of hydrogen-bond donors (Lipinski definition) is 1. The minimum atomic E-state index is 0.0983. The number of rotatable bonds is 4. The van der Waals surface area contributed by atoms with Crippen LogP contribution < -0.4 is 5.32 Å². The molecule has 0 saturated heterocycles. The van der Waals surface area contributed by atoms with E-state index in [1.165, 1.54) is 32.4 Å². The molecule has 1 aromatic carbocycles. The third-order valence-corrected chi connectivity index (χ3v) is 2.85. The van der Waals surface area contributed by atoms with E-state index in [2.05, 4.69) is 45.0 Å². The normalized spacial score (nSPS) is 11.8. The van der Waals surface area contributed by atoms with Gasteiger partial charge in [-0.05, 0) is 44.6 Å². The fourth-order valence-electron chi connectivity index (χ4n) is 2.04. The number of fused-ring (bicyclic) bond motifs is 1. The Bertz CT molecular complexity index is 358. The Morgan fingerprint density at radius 2 is 1.57 bits per heavy atom. The summed E-state index contributed by atoms with van der Waals surface area (Å²) < 4.78 is 0. The first-order valence-corrected chi connectivity index (χ1v) is 8.15. The van der Waals surface area contributed by atoms with Crippen molar-refractivity contribution in [3.8, 4) is 0 Å². The maximum atomic E-state index is 10.8. The standard InChI is InChI=1S/C8H7NO.C7H17N.C3H8/c10-8-5-6-3-1-2-4-7(6)9-8;1-4-6-8(3)7-5-2;1-3-2/h1-4H,5H2,(H,9,10);4-7H2,1-3H3;3H2,1-2H3. The predicted octanol–water partition coefficient (Wildman–Crippen LogP) is 4.34. The molecule has 1 aliphatic rings. The molecule has 120 valence electrons. The van der Waals surface area contributed by atoms with E-state index in [-0.39, 0.29) is 5.91 Å². The SMILES string of the molecule is CCC.CCCN(C)CCC.O=C1Cc2ccccc2N1. The molecular weight excluding hydrogens is 260 g/mol. The molecule has 1 heterocycles. The zero-order chi connectivity index (χ0) is 16.1. The minimum Gasteiger partial charge on any atom is -0.326 e. The van der Waals surface area contributed by atoms with Crippen LogP contribution in [-0.4, -0.2) is 30.9 Å². The fraction of sp³-hybridized carbons (Fsp3) is 0.611. The molecule has 0 unspecified atom stereocenters. The number of para-hydroxylation sites is 1. The summed E-state index contributed by atoms with van der Waals surface area (Å²) in [6.45, 7) is 11.2. The average molecular weight is 292 g/mol. The van der Waals surface area contributed by atoms with Crippen molar-refractivity contribution in [3.05, 3.63) is 29.8 Å². The highest BCUT2D eigenvalue weighted by Gasteiger charge is 2.15. The highest BCUT2D eigenvalue weighted by molar-refractivity contribution is 5.98. The molecule has 0 spiro atoms. The molecule has 3 nitrogen and oxygen atoms in total. The van der Waals surface area contributed by atoms with E-state index < -0.39 is 0 Å². The molecule has 0 fully saturated rings. The van der Waals surface area contributed by atoms with Crippen LogP contribution in [0.25, 0.3) is 0 Å². The van der Waals surface area contributed by atoms with Crippen molar-refractivity contribution < 1.29 is 4.79 Å². The van der Waals surface area contributed by atoms with Crippen LogP contribution in [0.2, 0.25) is 0 Å². The highest BCUT2D eigenvalue weighted by atomic mass is 16.1. The van der Waals surface area contributed by atoms with Crippen molar-refractivity contribution in [2.75, 3.05) is 25.5 Å². The first kappa shape index (κ1) is 19.7. The number of hydrogen-bond acceptors (Lipinski definition) is 2. The average Bonchev–Trinajstić information content (AvgIpc) is 2.81. The lowest BCUT2D eigenvalue weighted by molar-refractivity contribution is -0.115. The van der Waals surface area contributed by atoms with Crippen LogP contribution in [0, 0.1) is 0 Å². The van der Waals surface area contributed by atoms with Gasteiger partial charge in [0.15, 0.2) is 0 Å². The summed E-state index contributed by atoms with van der Waals surface area (Å²) in [7, 11) is 2.17. The van der Waals surface area contributed by atoms with E-state index in [1.807, 2.05) is 24.3 Å². The second-order valence-corrected chi connectivity index (χ2v) is 5.39. The molecule has 0 atom stereocenters. The van der Waals surface area contributed by atoms with E-state index >= 15 is 0 Å². The Hall–Kier alpha value is -1.35. The molecule has 2 rings (SSSR count). The molecule has 0 aliphatic carbocycles. The Morgan fingerprint density at radius 3 is 2.05 bits per heavy atom. The lowest BCUT2D eigenvalue weighted by atomic mass is 10.2. The van der Waals surface area contributed by atoms with E-state index in [9.17, 15) is 4.79 Å². The third-order valence-electron chi connectivity index (χ3n) is 2.85. The molecule has 0 saturated carbocycles. The Labute approximate surface area is 130 Å². The number of carbonyl (C=O) groups excluding carboxylic acids is 1. The quantitative estimate of drug-likeness (QED) is 0.895. The first-order valence-electron chi connectivity index (χ1n) is 8.15. The van der Waals surface area contributed by atoms with Crippen LogP contribution in [0.5, 0.6) is 0 Å². The second-order valence-electron chi connectivity index (χ2n) is 5.39. The van der Waals surface area contributed by atoms with Crippen LogP contribution in [0.3, 0.4) is 0 Å². The van der Waals surface area contributed by atoms with Gasteiger partial charge < -0.3 is 10.2 Å². The van der Waals surface area contributed by atoms with E-state index in [1.54, 1.807) is 0 Å². The molecule has 0 radical (unpaired) electrons. The molecule has 0 bridgehead atoms. The number of benzene rings is 1. The lowest BCUT2D eigenvalue weighted by Crippen LogP contribution is -2.19. The van der Waals surface area contributed by atoms with Crippen molar-refractivity contribution in [2.24, 2.45) is 0 Å². The zero-order valence-electron chi connectivity index (χ0n) is 14.4. The number of nitrogens with zero attached hydrogens (tertiary/aromatic N) is 1. The summed E-state index contributed by atoms with van der Waals surface area (Å²) in [6, 6.07) is 7.75. The largest absolute Gasteiger partial charge is 0.326 e. The van der Waals surface area contributed by atoms with Crippen LogP contribution in [0.1, 0.15) is 52.5 Å². The topological polar surface area (TPSA) is 32.3 Å². The van der Waals surface area contributed by atoms with Crippen LogP contribution >= 0.6 is 0 Å². The number of carbonyl (C=O) groups is 1. The van der Waals surface area contributed by atoms with Crippen molar-refractivity contribution in [3.63, 3.8) is 0 Å². The van der Waals surface area contributed by atoms with E-state index in [0.717, 1.165) is 11.3 Å². The van der Waals surface area contributed by atoms with E-state index in [4.69, 9.17) is 0 Å². The van der Waals surface area contributed by atoms with Gasteiger partial charge in [0.1, 0.15) is 0 Å². The van der Waals surface area contributed by atoms with Crippen molar-refractivity contribution in [1.82, 2.24) is 4.90 Å². The van der Waals surface area contributed by atoms with Gasteiger partial charge in [-0.15, -0.1) is 0 Å². The molecule has 1 amide bonds. The molecule has 1 N–H and O–H groups in total. The monoisotopic (exact) mass is 292 g/mol. The fourth-order valence-corrected chi connectivity index (χ4v) is 2.04. The van der Waals surface area contributed by atoms with Gasteiger partial charge in [-0.3, -0.25) is 4.79 Å². The number of amides is 1. The Kier molecular flexibility index (Phi) is 11.6. The van der Waals surface area contributed by atoms with Crippen molar-refractivity contribution >= 4 is 11.6 Å².